The number of thiazole rings is 1. The Labute approximate surface area is 144 Å². The van der Waals surface area contributed by atoms with Gasteiger partial charge in [-0.15, -0.1) is 0 Å². The minimum atomic E-state index is 0.526. The lowest BCUT2D eigenvalue weighted by Gasteiger charge is -2.08. The average molecular weight is 343 g/mol. The maximum atomic E-state index is 5.51. The molecule has 0 saturated heterocycles. The van der Waals surface area contributed by atoms with Crippen molar-refractivity contribution in [2.24, 2.45) is 0 Å². The maximum absolute atomic E-state index is 5.51. The number of hydrogen-bond acceptors (Lipinski definition) is 4. The molecule has 0 bridgehead atoms. The minimum Gasteiger partial charge on any atom is -0.494 e. The first-order chi connectivity index (χ1) is 11.1. The van der Waals surface area contributed by atoms with Gasteiger partial charge in [-0.05, 0) is 56.4 Å². The number of thiocarbonyl (C=S) groups is 1. The maximum Gasteiger partial charge on any atom is 0.190 e. The Hall–Kier alpha value is -2.18. The van der Waals surface area contributed by atoms with E-state index in [1.807, 2.05) is 49.4 Å². The van der Waals surface area contributed by atoms with E-state index in [9.17, 15) is 0 Å². The zero-order valence-corrected chi connectivity index (χ0v) is 14.6. The molecule has 0 spiro atoms. The molecular weight excluding hydrogens is 326 g/mol. The quantitative estimate of drug-likeness (QED) is 0.666. The lowest BCUT2D eigenvalue weighted by molar-refractivity contribution is 0.341. The first-order valence-electron chi connectivity index (χ1n) is 7.32. The highest BCUT2D eigenvalue weighted by atomic mass is 32.1. The fraction of sp³-hybridized carbons (Fsp3) is 0.176. The highest BCUT2D eigenvalue weighted by Crippen LogP contribution is 2.29. The number of aryl methyl sites for hydroxylation is 1. The van der Waals surface area contributed by atoms with Crippen LogP contribution in [-0.4, -0.2) is 16.7 Å². The topological polar surface area (TPSA) is 46.2 Å². The van der Waals surface area contributed by atoms with E-state index in [4.69, 9.17) is 17.0 Å². The van der Waals surface area contributed by atoms with E-state index in [1.54, 1.807) is 11.3 Å². The molecule has 1 heterocycles. The zero-order chi connectivity index (χ0) is 16.2. The van der Waals surface area contributed by atoms with Gasteiger partial charge in [0.15, 0.2) is 10.2 Å². The van der Waals surface area contributed by atoms with Gasteiger partial charge in [-0.2, -0.15) is 0 Å². The summed E-state index contributed by atoms with van der Waals surface area (Å²) in [5.74, 6) is 0.857. The summed E-state index contributed by atoms with van der Waals surface area (Å²) in [4.78, 5) is 4.53. The molecule has 0 fully saturated rings. The molecule has 3 rings (SSSR count). The molecule has 2 aromatic carbocycles. The van der Waals surface area contributed by atoms with Crippen LogP contribution in [0, 0.1) is 6.92 Å². The summed E-state index contributed by atoms with van der Waals surface area (Å²) in [7, 11) is 0. The molecule has 4 nitrogen and oxygen atoms in total. The van der Waals surface area contributed by atoms with Crippen molar-refractivity contribution in [3.63, 3.8) is 0 Å². The van der Waals surface area contributed by atoms with Crippen LogP contribution in [0.15, 0.2) is 42.5 Å². The highest BCUT2D eigenvalue weighted by molar-refractivity contribution is 7.80. The third-order valence-corrected chi connectivity index (χ3v) is 4.34. The number of anilines is 2. The van der Waals surface area contributed by atoms with E-state index in [0.29, 0.717) is 11.7 Å². The normalized spacial score (nSPS) is 10.5. The van der Waals surface area contributed by atoms with Gasteiger partial charge < -0.3 is 15.4 Å². The van der Waals surface area contributed by atoms with E-state index in [2.05, 4.69) is 22.5 Å². The Morgan fingerprint density at radius 1 is 1.17 bits per heavy atom. The molecule has 0 unspecified atom stereocenters. The molecule has 0 radical (unpaired) electrons. The number of hydrogen-bond donors (Lipinski definition) is 2. The molecule has 2 N–H and O–H groups in total. The smallest absolute Gasteiger partial charge is 0.190 e. The zero-order valence-electron chi connectivity index (χ0n) is 12.9. The molecule has 1 aromatic heterocycles. The standard InChI is InChI=1S/C17H17N3OS2/c1-3-21-13-8-9-14-15(10-13)23-17(19-14)20-16(22)18-12-6-4-11(2)5-7-12/h4-10H,3H2,1-2H3,(H2,18,19,20,22). The summed E-state index contributed by atoms with van der Waals surface area (Å²) >= 11 is 6.89. The fourth-order valence-corrected chi connectivity index (χ4v) is 3.29. The van der Waals surface area contributed by atoms with Crippen molar-refractivity contribution >= 4 is 49.7 Å². The Kier molecular flexibility index (Phi) is 4.73. The van der Waals surface area contributed by atoms with Crippen LogP contribution in [-0.2, 0) is 0 Å². The molecular formula is C17H17N3OS2. The molecule has 118 valence electrons. The summed E-state index contributed by atoms with van der Waals surface area (Å²) < 4.78 is 6.58. The third-order valence-electron chi connectivity index (χ3n) is 3.20. The number of rotatable bonds is 4. The van der Waals surface area contributed by atoms with Crippen molar-refractivity contribution in [2.75, 3.05) is 17.2 Å². The molecule has 0 amide bonds. The van der Waals surface area contributed by atoms with E-state index < -0.39 is 0 Å². The van der Waals surface area contributed by atoms with Gasteiger partial charge in [0.25, 0.3) is 0 Å². The number of benzene rings is 2. The fourth-order valence-electron chi connectivity index (χ4n) is 2.11. The number of aromatic nitrogens is 1. The van der Waals surface area contributed by atoms with Crippen LogP contribution in [0.4, 0.5) is 10.8 Å². The third kappa shape index (κ3) is 3.97. The Balaban J connectivity index is 1.70. The first-order valence-corrected chi connectivity index (χ1v) is 8.54. The van der Waals surface area contributed by atoms with Crippen molar-refractivity contribution in [3.8, 4) is 5.75 Å². The lowest BCUT2D eigenvalue weighted by atomic mass is 10.2. The van der Waals surface area contributed by atoms with Crippen LogP contribution in [0.5, 0.6) is 5.75 Å². The molecule has 23 heavy (non-hydrogen) atoms. The Bertz CT molecular complexity index is 827. The van der Waals surface area contributed by atoms with Crippen molar-refractivity contribution in [2.45, 2.75) is 13.8 Å². The predicted octanol–water partition coefficient (Wildman–Crippen LogP) is 4.81. The summed E-state index contributed by atoms with van der Waals surface area (Å²) in [6.07, 6.45) is 0. The minimum absolute atomic E-state index is 0.526. The second-order valence-electron chi connectivity index (χ2n) is 5.03. The first kappa shape index (κ1) is 15.7. The van der Waals surface area contributed by atoms with Crippen molar-refractivity contribution < 1.29 is 4.74 Å². The summed E-state index contributed by atoms with van der Waals surface area (Å²) in [5, 5.41) is 7.58. The number of ether oxygens (including phenoxy) is 1. The van der Waals surface area contributed by atoms with Crippen molar-refractivity contribution in [1.82, 2.24) is 4.98 Å². The van der Waals surface area contributed by atoms with Crippen LogP contribution in [0.25, 0.3) is 10.2 Å². The largest absolute Gasteiger partial charge is 0.494 e. The van der Waals surface area contributed by atoms with E-state index >= 15 is 0 Å². The van der Waals surface area contributed by atoms with Crippen LogP contribution in [0.3, 0.4) is 0 Å². The highest BCUT2D eigenvalue weighted by Gasteiger charge is 2.07. The predicted molar refractivity (Wildman–Crippen MR) is 102 cm³/mol. The molecule has 0 aliphatic rings. The number of nitrogens with zero attached hydrogens (tertiary/aromatic N) is 1. The SMILES string of the molecule is CCOc1ccc2nc(NC(=S)Nc3ccc(C)cc3)sc2c1. The van der Waals surface area contributed by atoms with Gasteiger partial charge in [-0.1, -0.05) is 29.0 Å². The van der Waals surface area contributed by atoms with E-state index in [1.165, 1.54) is 5.56 Å². The Morgan fingerprint density at radius 3 is 2.70 bits per heavy atom. The molecule has 0 atom stereocenters. The van der Waals surface area contributed by atoms with Gasteiger partial charge >= 0.3 is 0 Å². The van der Waals surface area contributed by atoms with Gasteiger partial charge in [-0.3, -0.25) is 0 Å². The van der Waals surface area contributed by atoms with Crippen molar-refractivity contribution in [3.05, 3.63) is 48.0 Å². The number of fused-ring (bicyclic) bond motifs is 1. The van der Waals surface area contributed by atoms with E-state index in [0.717, 1.165) is 26.8 Å². The van der Waals surface area contributed by atoms with Gasteiger partial charge in [0.05, 0.1) is 16.8 Å². The molecule has 6 heteroatoms. The van der Waals surface area contributed by atoms with Crippen LogP contribution < -0.4 is 15.4 Å². The average Bonchev–Trinajstić information content (AvgIpc) is 2.91. The summed E-state index contributed by atoms with van der Waals surface area (Å²) in [5.41, 5.74) is 3.10. The summed E-state index contributed by atoms with van der Waals surface area (Å²) in [6, 6.07) is 14.0. The molecule has 0 aliphatic heterocycles. The monoisotopic (exact) mass is 343 g/mol. The molecule has 0 aliphatic carbocycles. The summed E-state index contributed by atoms with van der Waals surface area (Å²) in [6.45, 7) is 4.68. The van der Waals surface area contributed by atoms with E-state index in [-0.39, 0.29) is 0 Å². The number of nitrogens with one attached hydrogen (secondary N) is 2. The van der Waals surface area contributed by atoms with Gasteiger partial charge in [-0.25, -0.2) is 4.98 Å². The van der Waals surface area contributed by atoms with Gasteiger partial charge in [0.1, 0.15) is 5.75 Å². The molecule has 0 saturated carbocycles. The Morgan fingerprint density at radius 2 is 1.96 bits per heavy atom. The molecule has 3 aromatic rings. The second-order valence-corrected chi connectivity index (χ2v) is 6.47. The van der Waals surface area contributed by atoms with Gasteiger partial charge in [0, 0.05) is 5.69 Å². The van der Waals surface area contributed by atoms with Gasteiger partial charge in [0.2, 0.25) is 0 Å². The van der Waals surface area contributed by atoms with Crippen LogP contribution in [0.2, 0.25) is 0 Å². The van der Waals surface area contributed by atoms with Crippen LogP contribution in [0.1, 0.15) is 12.5 Å². The van der Waals surface area contributed by atoms with Crippen molar-refractivity contribution in [1.29, 1.82) is 0 Å². The van der Waals surface area contributed by atoms with Crippen LogP contribution >= 0.6 is 23.6 Å². The second kappa shape index (κ2) is 6.93. The lowest BCUT2D eigenvalue weighted by Crippen LogP contribution is -2.18.